The largest absolute Gasteiger partial charge is 0.480 e. The summed E-state index contributed by atoms with van der Waals surface area (Å²) in [4.78, 5) is 27.7. The van der Waals surface area contributed by atoms with Crippen molar-refractivity contribution in [1.82, 2.24) is 10.3 Å². The monoisotopic (exact) mass is 290 g/mol. The number of thiazole rings is 1. The maximum absolute atomic E-state index is 12.0. The van der Waals surface area contributed by atoms with Crippen molar-refractivity contribution in [1.29, 1.82) is 0 Å². The van der Waals surface area contributed by atoms with Gasteiger partial charge in [0.25, 0.3) is 5.91 Å². The molecule has 0 aliphatic carbocycles. The van der Waals surface area contributed by atoms with Gasteiger partial charge in [0.15, 0.2) is 0 Å². The van der Waals surface area contributed by atoms with E-state index in [0.29, 0.717) is 10.6 Å². The fraction of sp³-hybridized carbons (Fsp3) is 0.214. The lowest BCUT2D eigenvalue weighted by molar-refractivity contribution is -0.139. The lowest BCUT2D eigenvalue weighted by atomic mass is 10.1. The average molecular weight is 290 g/mol. The number of carbonyl (C=O) groups excluding carboxylic acids is 1. The summed E-state index contributed by atoms with van der Waals surface area (Å²) < 4.78 is 0. The summed E-state index contributed by atoms with van der Waals surface area (Å²) in [5.74, 6) is -1.45. The summed E-state index contributed by atoms with van der Waals surface area (Å²) in [6.45, 7) is 1.72. The summed E-state index contributed by atoms with van der Waals surface area (Å²) in [6.07, 6.45) is 0.250. The fourth-order valence-electron chi connectivity index (χ4n) is 1.79. The van der Waals surface area contributed by atoms with Crippen LogP contribution in [-0.2, 0) is 11.2 Å². The van der Waals surface area contributed by atoms with E-state index in [1.54, 1.807) is 12.4 Å². The van der Waals surface area contributed by atoms with E-state index in [1.165, 1.54) is 11.3 Å². The Bertz CT molecular complexity index is 610. The van der Waals surface area contributed by atoms with Crippen molar-refractivity contribution in [3.05, 3.63) is 52.0 Å². The summed E-state index contributed by atoms with van der Waals surface area (Å²) in [5.41, 5.74) is 3.04. The number of amides is 1. The molecular formula is C14H14N2O3S. The zero-order valence-electron chi connectivity index (χ0n) is 10.9. The molecule has 0 bridgehead atoms. The van der Waals surface area contributed by atoms with Gasteiger partial charge in [-0.15, -0.1) is 11.3 Å². The second kappa shape index (κ2) is 6.29. The Kier molecular flexibility index (Phi) is 4.47. The number of hydrogen-bond acceptors (Lipinski definition) is 4. The number of rotatable bonds is 5. The molecule has 0 fully saturated rings. The minimum Gasteiger partial charge on any atom is -0.480 e. The van der Waals surface area contributed by atoms with E-state index in [4.69, 9.17) is 0 Å². The van der Waals surface area contributed by atoms with Gasteiger partial charge in [-0.2, -0.15) is 0 Å². The highest BCUT2D eigenvalue weighted by Gasteiger charge is 2.22. The van der Waals surface area contributed by atoms with Gasteiger partial charge in [0.05, 0.1) is 11.2 Å². The van der Waals surface area contributed by atoms with Crippen molar-refractivity contribution in [3.63, 3.8) is 0 Å². The predicted molar refractivity (Wildman–Crippen MR) is 75.9 cm³/mol. The van der Waals surface area contributed by atoms with Crippen molar-refractivity contribution in [3.8, 4) is 0 Å². The molecule has 5 nitrogen and oxygen atoms in total. The number of carboxylic acids is 1. The maximum atomic E-state index is 12.0. The quantitative estimate of drug-likeness (QED) is 0.881. The Hall–Kier alpha value is -2.21. The van der Waals surface area contributed by atoms with Gasteiger partial charge in [-0.3, -0.25) is 4.79 Å². The van der Waals surface area contributed by atoms with Crippen LogP contribution in [0, 0.1) is 6.92 Å². The highest BCUT2D eigenvalue weighted by Crippen LogP contribution is 2.12. The van der Waals surface area contributed by atoms with Crippen molar-refractivity contribution < 1.29 is 14.7 Å². The molecule has 0 saturated heterocycles. The SMILES string of the molecule is Cc1ncsc1C(=O)NC(Cc1ccccc1)C(=O)O. The van der Waals surface area contributed by atoms with Gasteiger partial charge in [-0.1, -0.05) is 30.3 Å². The number of benzene rings is 1. The van der Waals surface area contributed by atoms with Gasteiger partial charge < -0.3 is 10.4 Å². The van der Waals surface area contributed by atoms with Crippen LogP contribution in [0.2, 0.25) is 0 Å². The van der Waals surface area contributed by atoms with Crippen molar-refractivity contribution >= 4 is 23.2 Å². The van der Waals surface area contributed by atoms with E-state index >= 15 is 0 Å². The zero-order valence-corrected chi connectivity index (χ0v) is 11.7. The molecular weight excluding hydrogens is 276 g/mol. The number of aliphatic carboxylic acids is 1. The van der Waals surface area contributed by atoms with Crippen LogP contribution in [0.5, 0.6) is 0 Å². The van der Waals surface area contributed by atoms with Crippen LogP contribution in [0.25, 0.3) is 0 Å². The highest BCUT2D eigenvalue weighted by molar-refractivity contribution is 7.11. The molecule has 104 valence electrons. The van der Waals surface area contributed by atoms with Crippen molar-refractivity contribution in [2.24, 2.45) is 0 Å². The number of aromatic nitrogens is 1. The number of hydrogen-bond donors (Lipinski definition) is 2. The van der Waals surface area contributed by atoms with E-state index in [0.717, 1.165) is 5.56 Å². The first-order chi connectivity index (χ1) is 9.58. The van der Waals surface area contributed by atoms with Crippen LogP contribution < -0.4 is 5.32 Å². The number of nitrogens with one attached hydrogen (secondary N) is 1. The van der Waals surface area contributed by atoms with Crippen LogP contribution in [0.1, 0.15) is 20.9 Å². The van der Waals surface area contributed by atoms with Crippen molar-refractivity contribution in [2.75, 3.05) is 0 Å². The van der Waals surface area contributed by atoms with E-state index in [2.05, 4.69) is 10.3 Å². The molecule has 2 rings (SSSR count). The number of carbonyl (C=O) groups is 2. The summed E-state index contributed by atoms with van der Waals surface area (Å²) in [5, 5.41) is 11.8. The second-order valence-electron chi connectivity index (χ2n) is 4.32. The molecule has 0 aliphatic rings. The Balaban J connectivity index is 2.09. The topological polar surface area (TPSA) is 79.3 Å². The van der Waals surface area contributed by atoms with E-state index < -0.39 is 17.9 Å². The Morgan fingerprint density at radius 1 is 1.35 bits per heavy atom. The maximum Gasteiger partial charge on any atom is 0.326 e. The number of nitrogens with zero attached hydrogens (tertiary/aromatic N) is 1. The minimum absolute atomic E-state index is 0.250. The smallest absolute Gasteiger partial charge is 0.326 e. The molecule has 0 aliphatic heterocycles. The van der Waals surface area contributed by atoms with Gasteiger partial charge >= 0.3 is 5.97 Å². The van der Waals surface area contributed by atoms with Crippen molar-refractivity contribution in [2.45, 2.75) is 19.4 Å². The highest BCUT2D eigenvalue weighted by atomic mass is 32.1. The summed E-state index contributed by atoms with van der Waals surface area (Å²) in [7, 11) is 0. The lowest BCUT2D eigenvalue weighted by Gasteiger charge is -2.14. The molecule has 1 amide bonds. The predicted octanol–water partition coefficient (Wildman–Crippen LogP) is 1.88. The zero-order chi connectivity index (χ0) is 14.5. The van der Waals surface area contributed by atoms with Gasteiger partial charge in [-0.05, 0) is 12.5 Å². The molecule has 1 heterocycles. The van der Waals surface area contributed by atoms with Gasteiger partial charge in [-0.25, -0.2) is 9.78 Å². The van der Waals surface area contributed by atoms with E-state index in [9.17, 15) is 14.7 Å². The number of aryl methyl sites for hydroxylation is 1. The second-order valence-corrected chi connectivity index (χ2v) is 5.18. The lowest BCUT2D eigenvalue weighted by Crippen LogP contribution is -2.42. The fourth-order valence-corrected chi connectivity index (χ4v) is 2.50. The van der Waals surface area contributed by atoms with Crippen LogP contribution >= 0.6 is 11.3 Å². The standard InChI is InChI=1S/C14H14N2O3S/c1-9-12(20-8-15-9)13(17)16-11(14(18)19)7-10-5-3-2-4-6-10/h2-6,8,11H,7H2,1H3,(H,16,17)(H,18,19). The van der Waals surface area contributed by atoms with Crippen LogP contribution in [-0.4, -0.2) is 28.0 Å². The first-order valence-corrected chi connectivity index (χ1v) is 6.93. The molecule has 1 aromatic carbocycles. The third-order valence-corrected chi connectivity index (χ3v) is 3.77. The molecule has 1 unspecified atom stereocenters. The molecule has 2 aromatic rings. The Morgan fingerprint density at radius 2 is 2.05 bits per heavy atom. The minimum atomic E-state index is -1.05. The van der Waals surface area contributed by atoms with E-state index in [1.807, 2.05) is 30.3 Å². The van der Waals surface area contributed by atoms with Crippen LogP contribution in [0.4, 0.5) is 0 Å². The molecule has 1 atom stereocenters. The molecule has 0 radical (unpaired) electrons. The Morgan fingerprint density at radius 3 is 2.60 bits per heavy atom. The molecule has 20 heavy (non-hydrogen) atoms. The summed E-state index contributed by atoms with van der Waals surface area (Å²) >= 11 is 1.20. The molecule has 1 aromatic heterocycles. The third kappa shape index (κ3) is 3.42. The van der Waals surface area contributed by atoms with E-state index in [-0.39, 0.29) is 6.42 Å². The van der Waals surface area contributed by atoms with Gasteiger partial charge in [0.2, 0.25) is 0 Å². The average Bonchev–Trinajstić information content (AvgIpc) is 2.85. The number of carboxylic acid groups (broad SMARTS) is 1. The van der Waals surface area contributed by atoms with Crippen LogP contribution in [0.15, 0.2) is 35.8 Å². The summed E-state index contributed by atoms with van der Waals surface area (Å²) in [6, 6.07) is 8.25. The molecule has 0 saturated carbocycles. The Labute approximate surface area is 120 Å². The first-order valence-electron chi connectivity index (χ1n) is 6.05. The van der Waals surface area contributed by atoms with Gasteiger partial charge in [0, 0.05) is 6.42 Å². The molecule has 0 spiro atoms. The molecule has 2 N–H and O–H groups in total. The molecule has 6 heteroatoms. The third-order valence-electron chi connectivity index (χ3n) is 2.84. The normalized spacial score (nSPS) is 11.8. The van der Waals surface area contributed by atoms with Crippen LogP contribution in [0.3, 0.4) is 0 Å². The first kappa shape index (κ1) is 14.2. The van der Waals surface area contributed by atoms with Gasteiger partial charge in [0.1, 0.15) is 10.9 Å².